The van der Waals surface area contributed by atoms with Crippen LogP contribution in [0.25, 0.3) is 5.69 Å². The lowest BCUT2D eigenvalue weighted by molar-refractivity contribution is 0.801. The van der Waals surface area contributed by atoms with Crippen LogP contribution in [-0.2, 0) is 5.75 Å². The second-order valence-corrected chi connectivity index (χ2v) is 5.69. The summed E-state index contributed by atoms with van der Waals surface area (Å²) in [6.07, 6.45) is 0. The van der Waals surface area contributed by atoms with Gasteiger partial charge in [0.1, 0.15) is 5.82 Å². The van der Waals surface area contributed by atoms with Crippen LogP contribution in [0.1, 0.15) is 5.56 Å². The lowest BCUT2D eigenvalue weighted by atomic mass is 10.2. The van der Waals surface area contributed by atoms with Crippen LogP contribution in [0.4, 0.5) is 5.82 Å². The van der Waals surface area contributed by atoms with Crippen LogP contribution in [0.5, 0.6) is 0 Å². The molecule has 0 bridgehead atoms. The fourth-order valence-electron chi connectivity index (χ4n) is 2.11. The summed E-state index contributed by atoms with van der Waals surface area (Å²) in [4.78, 5) is 16.6. The van der Waals surface area contributed by atoms with Gasteiger partial charge >= 0.3 is 0 Å². The zero-order valence-corrected chi connectivity index (χ0v) is 12.7. The van der Waals surface area contributed by atoms with Crippen molar-refractivity contribution in [1.82, 2.24) is 9.55 Å². The molecule has 0 spiro atoms. The summed E-state index contributed by atoms with van der Waals surface area (Å²) in [6, 6.07) is 20.9. The van der Waals surface area contributed by atoms with Gasteiger partial charge in [0.05, 0.1) is 5.69 Å². The topological polar surface area (TPSA) is 60.9 Å². The minimum atomic E-state index is -0.172. The summed E-state index contributed by atoms with van der Waals surface area (Å²) >= 11 is 1.50. The van der Waals surface area contributed by atoms with E-state index in [0.29, 0.717) is 5.16 Å². The first kappa shape index (κ1) is 14.4. The summed E-state index contributed by atoms with van der Waals surface area (Å²) < 4.78 is 1.59. The molecule has 0 saturated heterocycles. The van der Waals surface area contributed by atoms with E-state index in [2.05, 4.69) is 4.98 Å². The zero-order chi connectivity index (χ0) is 15.4. The Kier molecular flexibility index (Phi) is 4.25. The number of aromatic nitrogens is 2. The average Bonchev–Trinajstić information content (AvgIpc) is 2.54. The van der Waals surface area contributed by atoms with Gasteiger partial charge in [-0.1, -0.05) is 60.3 Å². The fourth-order valence-corrected chi connectivity index (χ4v) is 3.09. The van der Waals surface area contributed by atoms with Gasteiger partial charge in [-0.25, -0.2) is 4.98 Å². The van der Waals surface area contributed by atoms with E-state index in [-0.39, 0.29) is 11.4 Å². The molecule has 0 aliphatic rings. The first-order chi connectivity index (χ1) is 10.7. The normalized spacial score (nSPS) is 10.5. The lowest BCUT2D eigenvalue weighted by Crippen LogP contribution is -2.21. The lowest BCUT2D eigenvalue weighted by Gasteiger charge is -2.12. The number of benzene rings is 2. The molecule has 0 unspecified atom stereocenters. The highest BCUT2D eigenvalue weighted by atomic mass is 32.2. The molecule has 2 aromatic carbocycles. The number of nitrogen functional groups attached to an aromatic ring is 1. The highest BCUT2D eigenvalue weighted by molar-refractivity contribution is 7.98. The third kappa shape index (κ3) is 3.20. The molecule has 1 heterocycles. The quantitative estimate of drug-likeness (QED) is 0.594. The van der Waals surface area contributed by atoms with Crippen LogP contribution >= 0.6 is 11.8 Å². The van der Waals surface area contributed by atoms with Crippen LogP contribution in [-0.4, -0.2) is 9.55 Å². The molecule has 0 amide bonds. The molecule has 0 aliphatic heterocycles. The molecule has 3 aromatic rings. The monoisotopic (exact) mass is 309 g/mol. The number of thioether (sulfide) groups is 1. The van der Waals surface area contributed by atoms with Crippen LogP contribution < -0.4 is 11.3 Å². The Bertz CT molecular complexity index is 816. The number of rotatable bonds is 4. The number of nitrogens with zero attached hydrogens (tertiary/aromatic N) is 2. The van der Waals surface area contributed by atoms with E-state index in [1.807, 2.05) is 60.7 Å². The Morgan fingerprint density at radius 3 is 2.32 bits per heavy atom. The maximum absolute atomic E-state index is 12.3. The second kappa shape index (κ2) is 6.49. The third-order valence-electron chi connectivity index (χ3n) is 3.13. The van der Waals surface area contributed by atoms with E-state index in [1.54, 1.807) is 4.57 Å². The molecule has 5 heteroatoms. The number of para-hydroxylation sites is 1. The van der Waals surface area contributed by atoms with Crippen molar-refractivity contribution in [3.05, 3.63) is 82.6 Å². The number of nitrogens with two attached hydrogens (primary N) is 1. The summed E-state index contributed by atoms with van der Waals surface area (Å²) in [6.45, 7) is 0. The third-order valence-corrected chi connectivity index (χ3v) is 4.14. The molecule has 110 valence electrons. The Morgan fingerprint density at radius 1 is 1.00 bits per heavy atom. The summed E-state index contributed by atoms with van der Waals surface area (Å²) in [5, 5.41) is 0.597. The highest BCUT2D eigenvalue weighted by Gasteiger charge is 2.10. The molecule has 2 N–H and O–H groups in total. The van der Waals surface area contributed by atoms with E-state index in [0.717, 1.165) is 11.4 Å². The summed E-state index contributed by atoms with van der Waals surface area (Å²) in [5.74, 6) is 0.969. The average molecular weight is 309 g/mol. The van der Waals surface area contributed by atoms with Crippen molar-refractivity contribution < 1.29 is 0 Å². The molecule has 4 nitrogen and oxygen atoms in total. The maximum Gasteiger partial charge on any atom is 0.260 e. The Morgan fingerprint density at radius 2 is 1.64 bits per heavy atom. The molecular formula is C17H15N3OS. The predicted octanol–water partition coefficient (Wildman–Crippen LogP) is 3.11. The molecule has 0 radical (unpaired) electrons. The predicted molar refractivity (Wildman–Crippen MR) is 90.2 cm³/mol. The van der Waals surface area contributed by atoms with E-state index in [9.17, 15) is 4.79 Å². The van der Waals surface area contributed by atoms with Crippen LogP contribution in [0.15, 0.2) is 76.7 Å². The van der Waals surface area contributed by atoms with Crippen molar-refractivity contribution in [3.63, 3.8) is 0 Å². The van der Waals surface area contributed by atoms with E-state index in [4.69, 9.17) is 5.73 Å². The van der Waals surface area contributed by atoms with Gasteiger partial charge in [-0.05, 0) is 17.7 Å². The minimum absolute atomic E-state index is 0.172. The Hall–Kier alpha value is -2.53. The molecule has 0 saturated carbocycles. The van der Waals surface area contributed by atoms with Crippen LogP contribution in [0, 0.1) is 0 Å². The Labute approximate surface area is 132 Å². The van der Waals surface area contributed by atoms with Crippen LogP contribution in [0.2, 0.25) is 0 Å². The van der Waals surface area contributed by atoms with E-state index in [1.165, 1.54) is 23.4 Å². The van der Waals surface area contributed by atoms with Crippen molar-refractivity contribution in [2.75, 3.05) is 5.73 Å². The molecule has 3 rings (SSSR count). The molecule has 0 fully saturated rings. The smallest absolute Gasteiger partial charge is 0.260 e. The first-order valence-corrected chi connectivity index (χ1v) is 7.84. The first-order valence-electron chi connectivity index (χ1n) is 6.86. The van der Waals surface area contributed by atoms with Crippen molar-refractivity contribution in [1.29, 1.82) is 0 Å². The second-order valence-electron chi connectivity index (χ2n) is 4.75. The molecule has 1 aromatic heterocycles. The van der Waals surface area contributed by atoms with Gasteiger partial charge in [-0.2, -0.15) is 0 Å². The maximum atomic E-state index is 12.3. The molecular weight excluding hydrogens is 294 g/mol. The fraction of sp³-hybridized carbons (Fsp3) is 0.0588. The van der Waals surface area contributed by atoms with Crippen molar-refractivity contribution in [2.24, 2.45) is 0 Å². The standard InChI is InChI=1S/C17H15N3OS/c18-15-11-16(21)20(14-9-5-2-6-10-14)17(19-15)22-12-13-7-3-1-4-8-13/h1-11H,12,18H2. The van der Waals surface area contributed by atoms with Gasteiger partial charge in [0.15, 0.2) is 5.16 Å². The van der Waals surface area contributed by atoms with Crippen molar-refractivity contribution in [2.45, 2.75) is 10.9 Å². The van der Waals surface area contributed by atoms with Gasteiger partial charge in [0.2, 0.25) is 0 Å². The van der Waals surface area contributed by atoms with Gasteiger partial charge in [0.25, 0.3) is 5.56 Å². The SMILES string of the molecule is Nc1cc(=O)n(-c2ccccc2)c(SCc2ccccc2)n1. The zero-order valence-electron chi connectivity index (χ0n) is 11.8. The van der Waals surface area contributed by atoms with Crippen molar-refractivity contribution >= 4 is 17.6 Å². The number of hydrogen-bond acceptors (Lipinski definition) is 4. The van der Waals surface area contributed by atoms with Gasteiger partial charge < -0.3 is 5.73 Å². The van der Waals surface area contributed by atoms with Crippen LogP contribution in [0.3, 0.4) is 0 Å². The Balaban J connectivity index is 1.98. The van der Waals surface area contributed by atoms with Crippen molar-refractivity contribution in [3.8, 4) is 5.69 Å². The van der Waals surface area contributed by atoms with E-state index < -0.39 is 0 Å². The van der Waals surface area contributed by atoms with E-state index >= 15 is 0 Å². The van der Waals surface area contributed by atoms with Gasteiger partial charge in [-0.3, -0.25) is 9.36 Å². The van der Waals surface area contributed by atoms with Gasteiger partial charge in [0, 0.05) is 11.8 Å². The summed E-state index contributed by atoms with van der Waals surface area (Å²) in [7, 11) is 0. The molecule has 0 aliphatic carbocycles. The molecule has 22 heavy (non-hydrogen) atoms. The minimum Gasteiger partial charge on any atom is -0.383 e. The largest absolute Gasteiger partial charge is 0.383 e. The van der Waals surface area contributed by atoms with Gasteiger partial charge in [-0.15, -0.1) is 0 Å². The number of anilines is 1. The molecule has 0 atom stereocenters. The highest BCUT2D eigenvalue weighted by Crippen LogP contribution is 2.23. The summed E-state index contributed by atoms with van der Waals surface area (Å²) in [5.41, 5.74) is 7.52. The number of hydrogen-bond donors (Lipinski definition) is 1.